The quantitative estimate of drug-likeness (QED) is 0.0390. The molecule has 24 nitrogen and oxygen atoms in total. The maximum absolute atomic E-state index is 13.2. The van der Waals surface area contributed by atoms with E-state index in [1.807, 2.05) is 16.0 Å². The van der Waals surface area contributed by atoms with Crippen LogP contribution in [0.5, 0.6) is 0 Å². The molecule has 0 saturated heterocycles. The molecule has 0 aromatic heterocycles. The van der Waals surface area contributed by atoms with E-state index in [4.69, 9.17) is 22.3 Å². The highest BCUT2D eigenvalue weighted by Crippen LogP contribution is 2.07. The van der Waals surface area contributed by atoms with E-state index in [-0.39, 0.29) is 5.92 Å². The molecular weight excluding hydrogens is 714 g/mol. The number of carbonyl (C=O) groups excluding carboxylic acids is 8. The van der Waals surface area contributed by atoms with Crippen LogP contribution >= 0.6 is 0 Å². The van der Waals surface area contributed by atoms with Gasteiger partial charge in [0.15, 0.2) is 0 Å². The summed E-state index contributed by atoms with van der Waals surface area (Å²) in [7, 11) is 0. The van der Waals surface area contributed by atoms with Crippen molar-refractivity contribution in [3.63, 3.8) is 0 Å². The Morgan fingerprint density at radius 1 is 0.585 bits per heavy atom. The number of amides is 8. The second kappa shape index (κ2) is 23.5. The first-order valence-electron chi connectivity index (χ1n) is 16.0. The fourth-order valence-electron chi connectivity index (χ4n) is 4.20. The summed E-state index contributed by atoms with van der Waals surface area (Å²) in [4.78, 5) is 133. The number of hydrogen-bond donors (Lipinski definition) is 13. The molecule has 0 aliphatic rings. The zero-order valence-electron chi connectivity index (χ0n) is 28.9. The molecule has 0 rings (SSSR count). The van der Waals surface area contributed by atoms with Crippen molar-refractivity contribution in [3.8, 4) is 0 Å². The summed E-state index contributed by atoms with van der Waals surface area (Å²) in [6.07, 6.45) is -3.54. The Morgan fingerprint density at radius 3 is 1.57 bits per heavy atom. The Hall–Kier alpha value is -5.91. The van der Waals surface area contributed by atoms with Crippen LogP contribution in [0, 0.1) is 5.92 Å². The first-order chi connectivity index (χ1) is 24.6. The Morgan fingerprint density at radius 2 is 1.08 bits per heavy atom. The van der Waals surface area contributed by atoms with Crippen LogP contribution in [0.25, 0.3) is 0 Å². The summed E-state index contributed by atoms with van der Waals surface area (Å²) in [5.41, 5.74) is 16.3. The SMILES string of the molecule is CC[C@H](C)[C@H](N)C(=O)N[C@@H](CC(N)=O)C(=O)N[C@@H](CCC(N)=O)C(=O)N[C@@H](CC(=O)O)C(=O)NCC(=O)N[C@@H](CO)C(=O)N[C@@H](CCC(=O)O)C(=O)O. The maximum atomic E-state index is 13.2. The lowest BCUT2D eigenvalue weighted by Gasteiger charge is -2.26. The minimum atomic E-state index is -1.93. The molecule has 0 unspecified atom stereocenters. The van der Waals surface area contributed by atoms with E-state index in [1.54, 1.807) is 13.8 Å². The number of aliphatic carboxylic acids is 3. The molecule has 0 aliphatic carbocycles. The summed E-state index contributed by atoms with van der Waals surface area (Å²) >= 11 is 0. The molecule has 7 atom stereocenters. The lowest BCUT2D eigenvalue weighted by molar-refractivity contribution is -0.143. The van der Waals surface area contributed by atoms with Gasteiger partial charge in [-0.05, 0) is 18.8 Å². The van der Waals surface area contributed by atoms with Crippen molar-refractivity contribution in [2.45, 2.75) is 95.0 Å². The normalized spacial score (nSPS) is 14.6. The smallest absolute Gasteiger partial charge is 0.326 e. The van der Waals surface area contributed by atoms with E-state index >= 15 is 0 Å². The number of nitrogens with two attached hydrogens (primary N) is 3. The number of hydrogen-bond acceptors (Lipinski definition) is 13. The Bertz CT molecular complexity index is 1390. The first-order valence-corrected chi connectivity index (χ1v) is 16.0. The standard InChI is InChI=1S/C29H47N9O15/c1-3-12(2)23(32)28(51)38-15(8-19(31)41)26(49)35-13(4-6-18(30)40)25(48)37-16(9-22(45)46)24(47)33-10-20(42)34-17(11-39)27(50)36-14(29(52)53)5-7-21(43)44/h12-17,23,39H,3-11,32H2,1-2H3,(H2,30,40)(H2,31,41)(H,33,47)(H,34,42)(H,35,49)(H,36,50)(H,37,48)(H,38,51)(H,43,44)(H,45,46)(H,52,53)/t12-,13-,14-,15-,16-,17-,23-/m0/s1. The number of nitrogens with one attached hydrogen (secondary N) is 6. The zero-order valence-corrected chi connectivity index (χ0v) is 28.9. The van der Waals surface area contributed by atoms with Gasteiger partial charge in [-0.1, -0.05) is 20.3 Å². The van der Waals surface area contributed by atoms with Crippen molar-refractivity contribution in [2.24, 2.45) is 23.1 Å². The number of carboxylic acid groups (broad SMARTS) is 3. The molecule has 16 N–H and O–H groups in total. The maximum Gasteiger partial charge on any atom is 0.326 e. The van der Waals surface area contributed by atoms with Crippen molar-refractivity contribution in [2.75, 3.05) is 13.2 Å². The van der Waals surface area contributed by atoms with Gasteiger partial charge in [0.2, 0.25) is 47.3 Å². The van der Waals surface area contributed by atoms with E-state index in [1.165, 1.54) is 0 Å². The second-order valence-corrected chi connectivity index (χ2v) is 11.7. The summed E-state index contributed by atoms with van der Waals surface area (Å²) < 4.78 is 0. The van der Waals surface area contributed by atoms with E-state index in [0.717, 1.165) is 0 Å². The molecule has 8 amide bonds. The number of rotatable bonds is 26. The minimum Gasteiger partial charge on any atom is -0.481 e. The van der Waals surface area contributed by atoms with Gasteiger partial charge in [0.05, 0.1) is 32.0 Å². The number of carbonyl (C=O) groups is 11. The van der Waals surface area contributed by atoms with Gasteiger partial charge in [-0.15, -0.1) is 0 Å². The summed E-state index contributed by atoms with van der Waals surface area (Å²) in [6, 6.07) is -9.86. The van der Waals surface area contributed by atoms with E-state index in [9.17, 15) is 68.1 Å². The average molecular weight is 762 g/mol. The number of primary amides is 2. The van der Waals surface area contributed by atoms with Crippen LogP contribution in [0.15, 0.2) is 0 Å². The molecule has 0 fully saturated rings. The fourth-order valence-corrected chi connectivity index (χ4v) is 4.20. The minimum absolute atomic E-state index is 0.339. The third kappa shape index (κ3) is 18.8. The van der Waals surface area contributed by atoms with Crippen LogP contribution in [-0.2, 0) is 52.7 Å². The molecule has 0 bridgehead atoms. The zero-order chi connectivity index (χ0) is 41.0. The molecule has 0 radical (unpaired) electrons. The van der Waals surface area contributed by atoms with Crippen molar-refractivity contribution in [1.82, 2.24) is 31.9 Å². The lowest BCUT2D eigenvalue weighted by Crippen LogP contribution is -2.59. The predicted octanol–water partition coefficient (Wildman–Crippen LogP) is -6.54. The van der Waals surface area contributed by atoms with Crippen molar-refractivity contribution < 1.29 is 73.2 Å². The Kier molecular flexibility index (Phi) is 20.9. The van der Waals surface area contributed by atoms with Crippen LogP contribution in [0.2, 0.25) is 0 Å². The van der Waals surface area contributed by atoms with Crippen LogP contribution in [0.3, 0.4) is 0 Å². The molecule has 0 saturated carbocycles. The molecule has 53 heavy (non-hydrogen) atoms. The number of aliphatic hydroxyl groups excluding tert-OH is 1. The van der Waals surface area contributed by atoms with Crippen LogP contribution in [-0.4, -0.2) is 135 Å². The highest BCUT2D eigenvalue weighted by molar-refractivity contribution is 5.98. The summed E-state index contributed by atoms with van der Waals surface area (Å²) in [6.45, 7) is 1.36. The van der Waals surface area contributed by atoms with E-state index in [2.05, 4.69) is 16.0 Å². The third-order valence-corrected chi connectivity index (χ3v) is 7.44. The summed E-state index contributed by atoms with van der Waals surface area (Å²) in [5.74, 6) is -13.7. The van der Waals surface area contributed by atoms with Gasteiger partial charge in [-0.3, -0.25) is 47.9 Å². The molecule has 0 heterocycles. The molecular formula is C29H47N9O15. The number of aliphatic hydroxyl groups is 1. The highest BCUT2D eigenvalue weighted by atomic mass is 16.4. The molecule has 0 aliphatic heterocycles. The van der Waals surface area contributed by atoms with Gasteiger partial charge in [-0.2, -0.15) is 0 Å². The monoisotopic (exact) mass is 761 g/mol. The van der Waals surface area contributed by atoms with Gasteiger partial charge < -0.3 is 69.5 Å². The van der Waals surface area contributed by atoms with Crippen LogP contribution < -0.4 is 49.1 Å². The van der Waals surface area contributed by atoms with Gasteiger partial charge in [0.25, 0.3) is 0 Å². The highest BCUT2D eigenvalue weighted by Gasteiger charge is 2.33. The van der Waals surface area contributed by atoms with Gasteiger partial charge in [0.1, 0.15) is 30.2 Å². The fraction of sp³-hybridized carbons (Fsp3) is 0.621. The van der Waals surface area contributed by atoms with Crippen molar-refractivity contribution in [3.05, 3.63) is 0 Å². The lowest BCUT2D eigenvalue weighted by atomic mass is 9.99. The predicted molar refractivity (Wildman–Crippen MR) is 176 cm³/mol. The van der Waals surface area contributed by atoms with Crippen molar-refractivity contribution in [1.29, 1.82) is 0 Å². The van der Waals surface area contributed by atoms with E-state index in [0.29, 0.717) is 6.42 Å². The van der Waals surface area contributed by atoms with Gasteiger partial charge in [-0.25, -0.2) is 4.79 Å². The molecule has 0 aromatic carbocycles. The summed E-state index contributed by atoms with van der Waals surface area (Å²) in [5, 5.41) is 49.2. The largest absolute Gasteiger partial charge is 0.481 e. The average Bonchev–Trinajstić information content (AvgIpc) is 3.07. The molecule has 24 heteroatoms. The Balaban J connectivity index is 5.83. The topological polar surface area (TPSA) is 419 Å². The second-order valence-electron chi connectivity index (χ2n) is 11.7. The number of carboxylic acids is 3. The van der Waals surface area contributed by atoms with Crippen LogP contribution in [0.4, 0.5) is 0 Å². The first kappa shape index (κ1) is 47.1. The van der Waals surface area contributed by atoms with Crippen LogP contribution in [0.1, 0.15) is 58.8 Å². The van der Waals surface area contributed by atoms with Crippen molar-refractivity contribution >= 4 is 65.2 Å². The van der Waals surface area contributed by atoms with E-state index < -0.39 is 153 Å². The molecule has 298 valence electrons. The van der Waals surface area contributed by atoms with Gasteiger partial charge in [0, 0.05) is 12.8 Å². The van der Waals surface area contributed by atoms with Gasteiger partial charge >= 0.3 is 17.9 Å². The molecule has 0 spiro atoms. The third-order valence-electron chi connectivity index (χ3n) is 7.44. The Labute approximate surface area is 301 Å². The molecule has 0 aromatic rings.